The van der Waals surface area contributed by atoms with E-state index in [9.17, 15) is 0 Å². The van der Waals surface area contributed by atoms with E-state index < -0.39 is 0 Å². The number of benzene rings is 1. The number of fused-ring (bicyclic) bond motifs is 1. The highest BCUT2D eigenvalue weighted by Crippen LogP contribution is 2.38. The average molecular weight is 248 g/mol. The maximum absolute atomic E-state index is 5.70. The van der Waals surface area contributed by atoms with Crippen molar-refractivity contribution in [2.45, 2.75) is 50.7 Å². The largest absolute Gasteiger partial charge is 0.380 e. The first-order valence-corrected chi connectivity index (χ1v) is 6.86. The minimum atomic E-state index is 0.216. The molecule has 3 atom stereocenters. The molecule has 0 aromatic heterocycles. The van der Waals surface area contributed by atoms with Gasteiger partial charge in [0.2, 0.25) is 0 Å². The molecule has 18 heavy (non-hydrogen) atoms. The lowest BCUT2D eigenvalue weighted by Crippen LogP contribution is -2.46. The van der Waals surface area contributed by atoms with E-state index in [-0.39, 0.29) is 12.1 Å². The molecule has 0 fully saturated rings. The SMILES string of the molecule is CCCC(OC)C(CC1Cc2ccccc21)NN. The smallest absolute Gasteiger partial charge is 0.0737 e. The van der Waals surface area contributed by atoms with Gasteiger partial charge in [-0.25, -0.2) is 0 Å². The van der Waals surface area contributed by atoms with E-state index >= 15 is 0 Å². The Morgan fingerprint density at radius 1 is 1.44 bits per heavy atom. The van der Waals surface area contributed by atoms with E-state index in [1.54, 1.807) is 7.11 Å². The van der Waals surface area contributed by atoms with Gasteiger partial charge in [-0.05, 0) is 36.3 Å². The van der Waals surface area contributed by atoms with Crippen molar-refractivity contribution >= 4 is 0 Å². The van der Waals surface area contributed by atoms with Gasteiger partial charge >= 0.3 is 0 Å². The van der Waals surface area contributed by atoms with E-state index in [1.807, 2.05) is 0 Å². The lowest BCUT2D eigenvalue weighted by molar-refractivity contribution is 0.0549. The van der Waals surface area contributed by atoms with Crippen LogP contribution in [0, 0.1) is 0 Å². The van der Waals surface area contributed by atoms with E-state index in [2.05, 4.69) is 36.6 Å². The number of hydrogen-bond acceptors (Lipinski definition) is 3. The molecule has 1 aliphatic rings. The number of nitrogens with one attached hydrogen (secondary N) is 1. The minimum absolute atomic E-state index is 0.216. The number of nitrogens with two attached hydrogens (primary N) is 1. The molecular weight excluding hydrogens is 224 g/mol. The third-order valence-electron chi connectivity index (χ3n) is 4.04. The maximum atomic E-state index is 5.70. The van der Waals surface area contributed by atoms with Crippen molar-refractivity contribution in [3.63, 3.8) is 0 Å². The zero-order chi connectivity index (χ0) is 13.0. The van der Waals surface area contributed by atoms with Gasteiger partial charge in [-0.15, -0.1) is 0 Å². The van der Waals surface area contributed by atoms with Gasteiger partial charge in [-0.1, -0.05) is 37.6 Å². The molecule has 1 aliphatic carbocycles. The Labute approximate surface area is 110 Å². The Morgan fingerprint density at radius 3 is 2.83 bits per heavy atom. The van der Waals surface area contributed by atoms with Crippen LogP contribution in [-0.4, -0.2) is 19.3 Å². The molecule has 0 aliphatic heterocycles. The molecule has 0 spiro atoms. The number of hydrazine groups is 1. The summed E-state index contributed by atoms with van der Waals surface area (Å²) in [5, 5.41) is 0. The van der Waals surface area contributed by atoms with E-state index in [0.717, 1.165) is 19.3 Å². The summed E-state index contributed by atoms with van der Waals surface area (Å²) in [7, 11) is 1.78. The highest BCUT2D eigenvalue weighted by atomic mass is 16.5. The maximum Gasteiger partial charge on any atom is 0.0737 e. The van der Waals surface area contributed by atoms with Crippen LogP contribution in [0.1, 0.15) is 43.2 Å². The molecule has 0 saturated carbocycles. The molecule has 0 bridgehead atoms. The summed E-state index contributed by atoms with van der Waals surface area (Å²) in [6, 6.07) is 8.93. The van der Waals surface area contributed by atoms with E-state index in [1.165, 1.54) is 17.5 Å². The summed E-state index contributed by atoms with van der Waals surface area (Å²) < 4.78 is 5.56. The number of hydrogen-bond donors (Lipinski definition) is 2. The van der Waals surface area contributed by atoms with E-state index in [0.29, 0.717) is 5.92 Å². The van der Waals surface area contributed by atoms with Gasteiger partial charge in [0.15, 0.2) is 0 Å². The third-order valence-corrected chi connectivity index (χ3v) is 4.04. The fourth-order valence-electron chi connectivity index (χ4n) is 2.97. The van der Waals surface area contributed by atoms with Crippen LogP contribution < -0.4 is 11.3 Å². The highest BCUT2D eigenvalue weighted by Gasteiger charge is 2.30. The van der Waals surface area contributed by atoms with Crippen LogP contribution >= 0.6 is 0 Å². The second kappa shape index (κ2) is 6.32. The lowest BCUT2D eigenvalue weighted by atomic mass is 9.74. The summed E-state index contributed by atoms with van der Waals surface area (Å²) in [5.41, 5.74) is 5.92. The first-order chi connectivity index (χ1) is 8.80. The molecule has 0 saturated heterocycles. The fourth-order valence-corrected chi connectivity index (χ4v) is 2.97. The summed E-state index contributed by atoms with van der Waals surface area (Å²) in [6.07, 6.45) is 4.63. The second-order valence-electron chi connectivity index (χ2n) is 5.17. The average Bonchev–Trinajstić information content (AvgIpc) is 2.38. The summed E-state index contributed by atoms with van der Waals surface area (Å²) in [6.45, 7) is 2.18. The fraction of sp³-hybridized carbons (Fsp3) is 0.600. The van der Waals surface area contributed by atoms with E-state index in [4.69, 9.17) is 10.6 Å². The summed E-state index contributed by atoms with van der Waals surface area (Å²) in [5.74, 6) is 6.33. The predicted molar refractivity (Wildman–Crippen MR) is 74.3 cm³/mol. The molecule has 3 unspecified atom stereocenters. The predicted octanol–water partition coefficient (Wildman–Crippen LogP) is 2.36. The van der Waals surface area contributed by atoms with Gasteiger partial charge in [0, 0.05) is 13.2 Å². The molecule has 3 N–H and O–H groups in total. The van der Waals surface area contributed by atoms with Crippen molar-refractivity contribution in [2.24, 2.45) is 5.84 Å². The molecule has 3 nitrogen and oxygen atoms in total. The van der Waals surface area contributed by atoms with Gasteiger partial charge < -0.3 is 4.74 Å². The number of ether oxygens (including phenoxy) is 1. The van der Waals surface area contributed by atoms with Gasteiger partial charge in [0.25, 0.3) is 0 Å². The topological polar surface area (TPSA) is 47.3 Å². The van der Waals surface area contributed by atoms with Crippen molar-refractivity contribution in [3.05, 3.63) is 35.4 Å². The van der Waals surface area contributed by atoms with Crippen molar-refractivity contribution in [1.82, 2.24) is 5.43 Å². The molecule has 0 amide bonds. The first-order valence-electron chi connectivity index (χ1n) is 6.86. The van der Waals surface area contributed by atoms with Gasteiger partial charge in [0.05, 0.1) is 6.10 Å². The first kappa shape index (κ1) is 13.5. The third kappa shape index (κ3) is 2.74. The molecule has 0 heterocycles. The highest BCUT2D eigenvalue weighted by molar-refractivity contribution is 5.39. The van der Waals surface area contributed by atoms with Crippen LogP contribution in [0.25, 0.3) is 0 Å². The summed E-state index contributed by atoms with van der Waals surface area (Å²) >= 11 is 0. The quantitative estimate of drug-likeness (QED) is 0.575. The zero-order valence-electron chi connectivity index (χ0n) is 11.4. The molecular formula is C15H24N2O. The van der Waals surface area contributed by atoms with Crippen LogP contribution in [0.5, 0.6) is 0 Å². The second-order valence-corrected chi connectivity index (χ2v) is 5.17. The van der Waals surface area contributed by atoms with Crippen LogP contribution in [0.2, 0.25) is 0 Å². The van der Waals surface area contributed by atoms with Gasteiger partial charge in [-0.3, -0.25) is 11.3 Å². The van der Waals surface area contributed by atoms with Crippen LogP contribution in [0.15, 0.2) is 24.3 Å². The Balaban J connectivity index is 1.96. The van der Waals surface area contributed by atoms with Crippen LogP contribution in [0.4, 0.5) is 0 Å². The molecule has 100 valence electrons. The van der Waals surface area contributed by atoms with Crippen molar-refractivity contribution in [2.75, 3.05) is 7.11 Å². The Hall–Kier alpha value is -0.900. The Morgan fingerprint density at radius 2 is 2.22 bits per heavy atom. The minimum Gasteiger partial charge on any atom is -0.380 e. The Bertz CT molecular complexity index is 381. The molecule has 3 heteroatoms. The molecule has 0 radical (unpaired) electrons. The van der Waals surface area contributed by atoms with Gasteiger partial charge in [0.1, 0.15) is 0 Å². The van der Waals surface area contributed by atoms with Crippen LogP contribution in [-0.2, 0) is 11.2 Å². The van der Waals surface area contributed by atoms with Crippen molar-refractivity contribution in [1.29, 1.82) is 0 Å². The lowest BCUT2D eigenvalue weighted by Gasteiger charge is -2.35. The van der Waals surface area contributed by atoms with Gasteiger partial charge in [-0.2, -0.15) is 0 Å². The zero-order valence-corrected chi connectivity index (χ0v) is 11.4. The van der Waals surface area contributed by atoms with Crippen molar-refractivity contribution in [3.8, 4) is 0 Å². The number of methoxy groups -OCH3 is 1. The molecule has 1 aromatic carbocycles. The summed E-state index contributed by atoms with van der Waals surface area (Å²) in [4.78, 5) is 0. The monoisotopic (exact) mass is 248 g/mol. The number of rotatable bonds is 7. The normalized spacial score (nSPS) is 20.9. The molecule has 1 aromatic rings. The Kier molecular flexibility index (Phi) is 4.75. The molecule has 2 rings (SSSR count). The standard InChI is InChI=1S/C15H24N2O/c1-3-6-15(18-2)14(17-16)10-12-9-11-7-4-5-8-13(11)12/h4-5,7-8,12,14-15,17H,3,6,9-10,16H2,1-2H3. The van der Waals surface area contributed by atoms with Crippen LogP contribution in [0.3, 0.4) is 0 Å². The van der Waals surface area contributed by atoms with Crippen molar-refractivity contribution < 1.29 is 4.74 Å².